The Morgan fingerprint density at radius 2 is 2.19 bits per heavy atom. The largest absolute Gasteiger partial charge is 0.370 e. The second kappa shape index (κ2) is 5.48. The lowest BCUT2D eigenvalue weighted by atomic mass is 10.3. The number of nitrogens with two attached hydrogens (primary N) is 1. The van der Waals surface area contributed by atoms with Crippen molar-refractivity contribution in [3.05, 3.63) is 11.4 Å². The van der Waals surface area contributed by atoms with Crippen LogP contribution in [0.15, 0.2) is 4.99 Å². The summed E-state index contributed by atoms with van der Waals surface area (Å²) in [6.07, 6.45) is 0. The highest BCUT2D eigenvalue weighted by Gasteiger charge is 2.05. The van der Waals surface area contributed by atoms with Gasteiger partial charge < -0.3 is 11.1 Å². The monoisotopic (exact) mass is 224 g/mol. The van der Waals surface area contributed by atoms with Gasteiger partial charge in [-0.1, -0.05) is 0 Å². The summed E-state index contributed by atoms with van der Waals surface area (Å²) in [6, 6.07) is 0.288. The van der Waals surface area contributed by atoms with Gasteiger partial charge in [-0.25, -0.2) is 4.99 Å². The van der Waals surface area contributed by atoms with Crippen LogP contribution in [0.25, 0.3) is 0 Å². The molecule has 0 atom stereocenters. The van der Waals surface area contributed by atoms with Crippen molar-refractivity contribution in [2.45, 2.75) is 46.8 Å². The van der Waals surface area contributed by atoms with E-state index in [9.17, 15) is 0 Å². The predicted octanol–water partition coefficient (Wildman–Crippen LogP) is 0.419. The molecule has 0 bridgehead atoms. The number of hydrogen-bond donors (Lipinski definition) is 2. The molecular formula is C10H20N6. The summed E-state index contributed by atoms with van der Waals surface area (Å²) in [5.41, 5.74) is 7.47. The molecule has 0 radical (unpaired) electrons. The highest BCUT2D eigenvalue weighted by atomic mass is 15.5. The third-order valence-corrected chi connectivity index (χ3v) is 2.04. The predicted molar refractivity (Wildman–Crippen MR) is 64.0 cm³/mol. The average Bonchev–Trinajstić information content (AvgIpc) is 2.55. The van der Waals surface area contributed by atoms with E-state index in [1.54, 1.807) is 4.80 Å². The van der Waals surface area contributed by atoms with Crippen LogP contribution >= 0.6 is 0 Å². The fraction of sp³-hybridized carbons (Fsp3) is 0.700. The van der Waals surface area contributed by atoms with E-state index in [2.05, 4.69) is 20.5 Å². The van der Waals surface area contributed by atoms with Crippen LogP contribution in [0, 0.1) is 6.92 Å². The van der Waals surface area contributed by atoms with Gasteiger partial charge in [-0.05, 0) is 27.7 Å². The lowest BCUT2D eigenvalue weighted by molar-refractivity contribution is 0.561. The molecule has 0 fully saturated rings. The number of aryl methyl sites for hydroxylation is 2. The van der Waals surface area contributed by atoms with Gasteiger partial charge >= 0.3 is 0 Å². The molecule has 1 heterocycles. The van der Waals surface area contributed by atoms with E-state index < -0.39 is 0 Å². The molecule has 16 heavy (non-hydrogen) atoms. The maximum atomic E-state index is 5.70. The minimum absolute atomic E-state index is 0.288. The van der Waals surface area contributed by atoms with E-state index >= 15 is 0 Å². The van der Waals surface area contributed by atoms with Crippen LogP contribution in [-0.4, -0.2) is 27.0 Å². The summed E-state index contributed by atoms with van der Waals surface area (Å²) in [4.78, 5) is 5.87. The lowest BCUT2D eigenvalue weighted by Gasteiger charge is -2.07. The van der Waals surface area contributed by atoms with E-state index in [1.165, 1.54) is 0 Å². The number of guanidine groups is 1. The van der Waals surface area contributed by atoms with Crippen molar-refractivity contribution in [2.75, 3.05) is 0 Å². The van der Waals surface area contributed by atoms with Crippen LogP contribution < -0.4 is 11.1 Å². The Hall–Kier alpha value is -1.59. The van der Waals surface area contributed by atoms with Crippen LogP contribution in [0.4, 0.5) is 0 Å². The van der Waals surface area contributed by atoms with Crippen molar-refractivity contribution in [3.63, 3.8) is 0 Å². The van der Waals surface area contributed by atoms with Crippen LogP contribution in [-0.2, 0) is 13.1 Å². The van der Waals surface area contributed by atoms with Gasteiger partial charge in [-0.15, -0.1) is 0 Å². The molecule has 1 aromatic heterocycles. The first-order valence-corrected chi connectivity index (χ1v) is 5.50. The average molecular weight is 224 g/mol. The molecule has 1 rings (SSSR count). The lowest BCUT2D eigenvalue weighted by Crippen LogP contribution is -2.36. The third-order valence-electron chi connectivity index (χ3n) is 2.04. The number of rotatable bonds is 4. The van der Waals surface area contributed by atoms with Crippen LogP contribution in [0.1, 0.15) is 32.2 Å². The Morgan fingerprint density at radius 1 is 1.50 bits per heavy atom. The Morgan fingerprint density at radius 3 is 2.69 bits per heavy atom. The van der Waals surface area contributed by atoms with Gasteiger partial charge in [0, 0.05) is 6.04 Å². The molecule has 3 N–H and O–H groups in total. The van der Waals surface area contributed by atoms with Gasteiger partial charge in [0.2, 0.25) is 0 Å². The van der Waals surface area contributed by atoms with Crippen LogP contribution in [0.5, 0.6) is 0 Å². The second-order valence-corrected chi connectivity index (χ2v) is 3.92. The standard InChI is InChI=1S/C10H20N6/c1-5-16-14-8(4)9(15-16)6-12-10(11)13-7(2)3/h7H,5-6H2,1-4H3,(H3,11,12,13). The molecule has 0 saturated carbocycles. The first-order valence-electron chi connectivity index (χ1n) is 5.50. The van der Waals surface area contributed by atoms with E-state index in [0.29, 0.717) is 12.5 Å². The van der Waals surface area contributed by atoms with Crippen LogP contribution in [0.2, 0.25) is 0 Å². The topological polar surface area (TPSA) is 81.1 Å². The number of hydrogen-bond acceptors (Lipinski definition) is 3. The maximum Gasteiger partial charge on any atom is 0.189 e. The van der Waals surface area contributed by atoms with E-state index in [-0.39, 0.29) is 6.04 Å². The van der Waals surface area contributed by atoms with E-state index in [0.717, 1.165) is 17.9 Å². The Labute approximate surface area is 95.9 Å². The molecule has 0 amide bonds. The molecule has 0 saturated heterocycles. The van der Waals surface area contributed by atoms with Gasteiger partial charge in [0.05, 0.1) is 18.8 Å². The summed E-state index contributed by atoms with van der Waals surface area (Å²) < 4.78 is 0. The van der Waals surface area contributed by atoms with Gasteiger partial charge in [0.25, 0.3) is 0 Å². The van der Waals surface area contributed by atoms with Crippen molar-refractivity contribution in [3.8, 4) is 0 Å². The SMILES string of the molecule is CCn1nc(C)c(CN=C(N)NC(C)C)n1. The Balaban J connectivity index is 2.62. The molecule has 0 unspecified atom stereocenters. The highest BCUT2D eigenvalue weighted by molar-refractivity contribution is 5.78. The van der Waals surface area contributed by atoms with Gasteiger partial charge in [0.15, 0.2) is 5.96 Å². The summed E-state index contributed by atoms with van der Waals surface area (Å²) in [6.45, 7) is 9.20. The summed E-state index contributed by atoms with van der Waals surface area (Å²) >= 11 is 0. The minimum Gasteiger partial charge on any atom is -0.370 e. The normalized spacial score (nSPS) is 12.2. The van der Waals surface area contributed by atoms with Gasteiger partial charge in [-0.3, -0.25) is 0 Å². The minimum atomic E-state index is 0.288. The fourth-order valence-electron chi connectivity index (χ4n) is 1.25. The highest BCUT2D eigenvalue weighted by Crippen LogP contribution is 2.02. The zero-order valence-electron chi connectivity index (χ0n) is 10.4. The number of nitrogens with zero attached hydrogens (tertiary/aromatic N) is 4. The summed E-state index contributed by atoms with van der Waals surface area (Å²) in [5.74, 6) is 0.445. The zero-order chi connectivity index (χ0) is 12.1. The maximum absolute atomic E-state index is 5.70. The molecule has 6 heteroatoms. The summed E-state index contributed by atoms with van der Waals surface area (Å²) in [7, 11) is 0. The number of aliphatic imine (C=N–C) groups is 1. The Bertz CT molecular complexity index is 365. The second-order valence-electron chi connectivity index (χ2n) is 3.92. The molecule has 0 spiro atoms. The first-order chi connectivity index (χ1) is 7.52. The molecule has 1 aromatic rings. The molecule has 0 aliphatic carbocycles. The van der Waals surface area contributed by atoms with E-state index in [4.69, 9.17) is 5.73 Å². The van der Waals surface area contributed by atoms with Gasteiger partial charge in [0.1, 0.15) is 5.69 Å². The molecule has 0 aliphatic rings. The molecule has 6 nitrogen and oxygen atoms in total. The molecular weight excluding hydrogens is 204 g/mol. The van der Waals surface area contributed by atoms with Crippen LogP contribution in [0.3, 0.4) is 0 Å². The first kappa shape index (κ1) is 12.5. The molecule has 90 valence electrons. The van der Waals surface area contributed by atoms with Gasteiger partial charge in [-0.2, -0.15) is 15.0 Å². The van der Waals surface area contributed by atoms with E-state index in [1.807, 2.05) is 27.7 Å². The molecule has 0 aliphatic heterocycles. The fourth-order valence-corrected chi connectivity index (χ4v) is 1.25. The van der Waals surface area contributed by atoms with Crippen molar-refractivity contribution in [2.24, 2.45) is 10.7 Å². The third kappa shape index (κ3) is 3.52. The van der Waals surface area contributed by atoms with Crippen molar-refractivity contribution >= 4 is 5.96 Å². The zero-order valence-corrected chi connectivity index (χ0v) is 10.4. The van der Waals surface area contributed by atoms with Crippen molar-refractivity contribution < 1.29 is 0 Å². The molecule has 0 aromatic carbocycles. The van der Waals surface area contributed by atoms with Crippen molar-refractivity contribution in [1.82, 2.24) is 20.3 Å². The summed E-state index contributed by atoms with van der Waals surface area (Å²) in [5, 5.41) is 11.6. The van der Waals surface area contributed by atoms with Crippen molar-refractivity contribution in [1.29, 1.82) is 0 Å². The Kier molecular flexibility index (Phi) is 4.28. The number of aromatic nitrogens is 3. The number of nitrogens with one attached hydrogen (secondary N) is 1. The quantitative estimate of drug-likeness (QED) is 0.573. The smallest absolute Gasteiger partial charge is 0.189 e.